The number of hydrogen-bond donors (Lipinski definition) is 3. The van der Waals surface area contributed by atoms with E-state index in [-0.39, 0.29) is 6.04 Å². The van der Waals surface area contributed by atoms with Crippen molar-refractivity contribution in [1.82, 2.24) is 4.90 Å². The van der Waals surface area contributed by atoms with E-state index in [1.54, 1.807) is 0 Å². The van der Waals surface area contributed by atoms with E-state index in [2.05, 4.69) is 34.2 Å². The lowest BCUT2D eigenvalue weighted by molar-refractivity contribution is 0.449. The number of hydrogen-bond acceptors (Lipinski definition) is 5. The highest BCUT2D eigenvalue weighted by Crippen LogP contribution is 2.07. The van der Waals surface area contributed by atoms with Gasteiger partial charge in [-0.15, -0.1) is 0 Å². The van der Waals surface area contributed by atoms with E-state index in [0.717, 1.165) is 31.9 Å². The second kappa shape index (κ2) is 12.1. The Morgan fingerprint density at radius 1 is 1.32 bits per heavy atom. The van der Waals surface area contributed by atoms with Crippen molar-refractivity contribution in [2.75, 3.05) is 19.6 Å². The maximum absolute atomic E-state index is 8.59. The number of thiol groups is 1. The molecule has 0 amide bonds. The Kier molecular flexibility index (Phi) is 11.3. The molecule has 1 unspecified atom stereocenters. The van der Waals surface area contributed by atoms with E-state index in [0.29, 0.717) is 0 Å². The lowest BCUT2D eigenvalue weighted by atomic mass is 10.1. The summed E-state index contributed by atoms with van der Waals surface area (Å²) >= 11 is 0. The van der Waals surface area contributed by atoms with Gasteiger partial charge in [0.2, 0.25) is 0 Å². The molecule has 0 spiro atoms. The number of nitrogens with zero attached hydrogens (tertiary/aromatic N) is 2. The summed E-state index contributed by atoms with van der Waals surface area (Å²) in [5.74, 6) is 1.07. The fraction of sp³-hybridized carbons (Fsp3) is 0.533. The minimum absolute atomic E-state index is 0.0540. The average Bonchev–Trinajstić information content (AvgIpc) is 2.96. The molecule has 0 saturated heterocycles. The fourth-order valence-corrected chi connectivity index (χ4v) is 2.07. The van der Waals surface area contributed by atoms with Gasteiger partial charge in [-0.1, -0.05) is 44.2 Å². The molecule has 0 aliphatic carbocycles. The topological polar surface area (TPSA) is 96.0 Å². The summed E-state index contributed by atoms with van der Waals surface area (Å²) in [6.45, 7) is 8.93. The second-order valence-electron chi connectivity index (χ2n) is 4.49. The first-order valence-corrected chi connectivity index (χ1v) is 8.55. The van der Waals surface area contributed by atoms with Gasteiger partial charge in [0.1, 0.15) is 5.84 Å². The molecular weight excluding hydrogens is 302 g/mol. The van der Waals surface area contributed by atoms with Gasteiger partial charge in [-0.05, 0) is 18.9 Å². The van der Waals surface area contributed by atoms with Gasteiger partial charge in [0.15, 0.2) is 0 Å². The molecule has 0 aromatic heterocycles. The molecule has 6 nitrogen and oxygen atoms in total. The molecule has 0 saturated carbocycles. The van der Waals surface area contributed by atoms with E-state index in [4.69, 9.17) is 18.7 Å². The smallest absolute Gasteiger partial charge is 0.254 e. The van der Waals surface area contributed by atoms with Gasteiger partial charge in [0.05, 0.1) is 12.6 Å². The van der Waals surface area contributed by atoms with Gasteiger partial charge < -0.3 is 10.6 Å². The zero-order chi connectivity index (χ0) is 17.0. The molecular formula is C15H27N3O3S. The first kappa shape index (κ1) is 20.6. The standard InChI is InChI=1S/C13H19N3.C2H6.H2O3S/c1-11(14)13-15-8-10-16(13)9-7-12-5-3-2-4-6-12;1-2;1-4(2)3/h2-6,11H,7-10,14H2,1H3;1-2H3;4H,(H,1,2,3). The van der Waals surface area contributed by atoms with Crippen LogP contribution in [0.1, 0.15) is 26.3 Å². The van der Waals surface area contributed by atoms with Gasteiger partial charge in [0.25, 0.3) is 11.0 Å². The Bertz CT molecular complexity index is 494. The number of amidine groups is 1. The van der Waals surface area contributed by atoms with Gasteiger partial charge in [0, 0.05) is 13.1 Å². The van der Waals surface area contributed by atoms with Crippen LogP contribution in [0.2, 0.25) is 0 Å². The van der Waals surface area contributed by atoms with Crippen molar-refractivity contribution < 1.29 is 13.0 Å². The largest absolute Gasteiger partial charge is 0.357 e. The Balaban J connectivity index is 0.000000640. The quantitative estimate of drug-likeness (QED) is 0.573. The third-order valence-corrected chi connectivity index (χ3v) is 2.89. The molecule has 1 aromatic carbocycles. The molecule has 1 atom stereocenters. The van der Waals surface area contributed by atoms with Crippen molar-refractivity contribution in [2.45, 2.75) is 33.2 Å². The van der Waals surface area contributed by atoms with Crippen molar-refractivity contribution in [3.63, 3.8) is 0 Å². The number of rotatable bonds is 4. The molecule has 0 fully saturated rings. The second-order valence-corrected chi connectivity index (χ2v) is 4.96. The predicted molar refractivity (Wildman–Crippen MR) is 92.0 cm³/mol. The lowest BCUT2D eigenvalue weighted by Crippen LogP contribution is -2.40. The first-order valence-electron chi connectivity index (χ1n) is 7.42. The Hall–Kier alpha value is -1.44. The third-order valence-electron chi connectivity index (χ3n) is 2.89. The van der Waals surface area contributed by atoms with Crippen molar-refractivity contribution in [1.29, 1.82) is 0 Å². The fourth-order valence-electron chi connectivity index (χ4n) is 2.07. The minimum Gasteiger partial charge on any atom is -0.357 e. The van der Waals surface area contributed by atoms with Crippen LogP contribution in [-0.4, -0.2) is 49.4 Å². The summed E-state index contributed by atoms with van der Waals surface area (Å²) in [6, 6.07) is 10.6. The van der Waals surface area contributed by atoms with Crippen LogP contribution < -0.4 is 5.73 Å². The minimum atomic E-state index is -3.12. The molecule has 1 heterocycles. The highest BCUT2D eigenvalue weighted by Gasteiger charge is 2.19. The van der Waals surface area contributed by atoms with Crippen LogP contribution in [0.25, 0.3) is 0 Å². The third kappa shape index (κ3) is 8.76. The SMILES string of the molecule is CC.CC(N)C1=NCCN1CCc1ccccc1.O=[SH](=O)O. The van der Waals surface area contributed by atoms with E-state index >= 15 is 0 Å². The Morgan fingerprint density at radius 2 is 1.86 bits per heavy atom. The molecule has 1 aliphatic rings. The molecule has 22 heavy (non-hydrogen) atoms. The van der Waals surface area contributed by atoms with Crippen LogP contribution in [0.5, 0.6) is 0 Å². The van der Waals surface area contributed by atoms with Crippen molar-refractivity contribution in [3.05, 3.63) is 35.9 Å². The maximum Gasteiger partial charge on any atom is 0.254 e. The van der Waals surface area contributed by atoms with E-state index in [1.807, 2.05) is 26.8 Å². The predicted octanol–water partition coefficient (Wildman–Crippen LogP) is 1.39. The van der Waals surface area contributed by atoms with Crippen LogP contribution in [0, 0.1) is 0 Å². The molecule has 7 heteroatoms. The molecule has 1 aromatic rings. The first-order chi connectivity index (χ1) is 10.5. The van der Waals surface area contributed by atoms with Crippen LogP contribution in [0.4, 0.5) is 0 Å². The summed E-state index contributed by atoms with van der Waals surface area (Å²) in [5.41, 5.74) is 7.26. The van der Waals surface area contributed by atoms with Gasteiger partial charge in [-0.25, -0.2) is 8.42 Å². The van der Waals surface area contributed by atoms with Crippen LogP contribution in [0.3, 0.4) is 0 Å². The maximum atomic E-state index is 8.59. The van der Waals surface area contributed by atoms with Crippen LogP contribution in [0.15, 0.2) is 35.3 Å². The van der Waals surface area contributed by atoms with Crippen LogP contribution in [-0.2, 0) is 17.4 Å². The molecule has 126 valence electrons. The zero-order valence-electron chi connectivity index (χ0n) is 13.5. The van der Waals surface area contributed by atoms with Gasteiger partial charge >= 0.3 is 0 Å². The lowest BCUT2D eigenvalue weighted by Gasteiger charge is -2.22. The van der Waals surface area contributed by atoms with Crippen molar-refractivity contribution >= 4 is 16.8 Å². The highest BCUT2D eigenvalue weighted by atomic mass is 32.2. The molecule has 1 aliphatic heterocycles. The van der Waals surface area contributed by atoms with Gasteiger partial charge in [-0.3, -0.25) is 9.55 Å². The molecule has 2 rings (SSSR count). The van der Waals surface area contributed by atoms with Crippen LogP contribution >= 0.6 is 0 Å². The Labute approximate surface area is 134 Å². The number of aliphatic imine (C=N–C) groups is 1. The molecule has 0 bridgehead atoms. The summed E-state index contributed by atoms with van der Waals surface area (Å²) in [7, 11) is -3.12. The number of nitrogens with two attached hydrogens (primary N) is 1. The van der Waals surface area contributed by atoms with E-state index in [9.17, 15) is 0 Å². The van der Waals surface area contributed by atoms with E-state index < -0.39 is 11.0 Å². The van der Waals surface area contributed by atoms with E-state index in [1.165, 1.54) is 5.56 Å². The molecule has 0 radical (unpaired) electrons. The molecule has 3 N–H and O–H groups in total. The summed E-state index contributed by atoms with van der Waals surface area (Å²) in [4.78, 5) is 6.75. The monoisotopic (exact) mass is 329 g/mol. The average molecular weight is 329 g/mol. The summed E-state index contributed by atoms with van der Waals surface area (Å²) in [5, 5.41) is 0. The summed E-state index contributed by atoms with van der Waals surface area (Å²) < 4.78 is 24.2. The van der Waals surface area contributed by atoms with Gasteiger partial charge in [-0.2, -0.15) is 0 Å². The van der Waals surface area contributed by atoms with Crippen molar-refractivity contribution in [2.24, 2.45) is 10.7 Å². The zero-order valence-corrected chi connectivity index (χ0v) is 14.4. The van der Waals surface area contributed by atoms with Crippen molar-refractivity contribution in [3.8, 4) is 0 Å². The highest BCUT2D eigenvalue weighted by molar-refractivity contribution is 7.66. The number of benzene rings is 1. The normalized spacial score (nSPS) is 14.5. The summed E-state index contributed by atoms with van der Waals surface area (Å²) in [6.07, 6.45) is 1.06. The Morgan fingerprint density at radius 3 is 2.36 bits per heavy atom.